The third-order valence-electron chi connectivity index (χ3n) is 3.99. The molecule has 1 aromatic heterocycles. The van der Waals surface area contributed by atoms with Gasteiger partial charge in [-0.1, -0.05) is 20.3 Å². The smallest absolute Gasteiger partial charge is 0.355 e. The minimum Gasteiger partial charge on any atom is -0.476 e. The largest absolute Gasteiger partial charge is 0.476 e. The Bertz CT molecular complexity index is 486. The van der Waals surface area contributed by atoms with Crippen molar-refractivity contribution in [3.63, 3.8) is 0 Å². The van der Waals surface area contributed by atoms with E-state index >= 15 is 0 Å². The molecular formula is C13H18N2O3S. The van der Waals surface area contributed by atoms with Gasteiger partial charge in [0.25, 0.3) is 5.91 Å². The Labute approximate surface area is 116 Å². The standard InChI is InChI=1S/C13H18N2O3S/c1-3-8-4-5-9(7(8)2)14-11(16)12-15-10(6-19-12)13(17)18/h6-9H,3-5H2,1-2H3,(H,14,16)(H,17,18). The number of rotatable bonds is 4. The Kier molecular flexibility index (Phi) is 4.19. The molecule has 0 spiro atoms. The normalized spacial score (nSPS) is 26.3. The average molecular weight is 282 g/mol. The monoisotopic (exact) mass is 282 g/mol. The zero-order chi connectivity index (χ0) is 14.0. The summed E-state index contributed by atoms with van der Waals surface area (Å²) in [5.41, 5.74) is -0.0685. The molecule has 1 aromatic rings. The van der Waals surface area contributed by atoms with E-state index < -0.39 is 5.97 Å². The van der Waals surface area contributed by atoms with Crippen molar-refractivity contribution in [2.45, 2.75) is 39.2 Å². The number of thiazole rings is 1. The van der Waals surface area contributed by atoms with Crippen LogP contribution in [0.1, 0.15) is 53.4 Å². The molecule has 19 heavy (non-hydrogen) atoms. The molecule has 2 rings (SSSR count). The molecule has 3 atom stereocenters. The van der Waals surface area contributed by atoms with Crippen molar-refractivity contribution in [1.29, 1.82) is 0 Å². The summed E-state index contributed by atoms with van der Waals surface area (Å²) in [6.45, 7) is 4.34. The van der Waals surface area contributed by atoms with Gasteiger partial charge in [0, 0.05) is 11.4 Å². The van der Waals surface area contributed by atoms with Crippen molar-refractivity contribution >= 4 is 23.2 Å². The first-order chi connectivity index (χ1) is 9.02. The minimum absolute atomic E-state index is 0.0685. The topological polar surface area (TPSA) is 79.3 Å². The summed E-state index contributed by atoms with van der Waals surface area (Å²) in [6.07, 6.45) is 3.26. The maximum atomic E-state index is 12.0. The average Bonchev–Trinajstić information content (AvgIpc) is 2.97. The summed E-state index contributed by atoms with van der Waals surface area (Å²) >= 11 is 1.07. The van der Waals surface area contributed by atoms with Gasteiger partial charge in [-0.25, -0.2) is 9.78 Å². The Balaban J connectivity index is 1.99. The first kappa shape index (κ1) is 14.0. The van der Waals surface area contributed by atoms with Gasteiger partial charge in [0.2, 0.25) is 0 Å². The van der Waals surface area contributed by atoms with Crippen molar-refractivity contribution in [3.05, 3.63) is 16.1 Å². The van der Waals surface area contributed by atoms with Gasteiger partial charge in [-0.3, -0.25) is 4.79 Å². The number of amides is 1. The highest BCUT2D eigenvalue weighted by atomic mass is 32.1. The molecule has 1 amide bonds. The summed E-state index contributed by atoms with van der Waals surface area (Å²) in [5, 5.41) is 13.4. The van der Waals surface area contributed by atoms with Crippen LogP contribution in [0, 0.1) is 11.8 Å². The van der Waals surface area contributed by atoms with Gasteiger partial charge in [0.05, 0.1) is 0 Å². The number of carbonyl (C=O) groups is 2. The molecule has 0 radical (unpaired) electrons. The fourth-order valence-electron chi connectivity index (χ4n) is 2.73. The van der Waals surface area contributed by atoms with Gasteiger partial charge >= 0.3 is 5.97 Å². The Morgan fingerprint density at radius 1 is 1.53 bits per heavy atom. The van der Waals surface area contributed by atoms with Crippen LogP contribution in [0.3, 0.4) is 0 Å². The van der Waals surface area contributed by atoms with E-state index in [1.807, 2.05) is 0 Å². The second kappa shape index (κ2) is 5.69. The van der Waals surface area contributed by atoms with Crippen LogP contribution in [0.15, 0.2) is 5.38 Å². The fourth-order valence-corrected chi connectivity index (χ4v) is 3.43. The highest BCUT2D eigenvalue weighted by Gasteiger charge is 2.33. The molecular weight excluding hydrogens is 264 g/mol. The number of carbonyl (C=O) groups excluding carboxylic acids is 1. The van der Waals surface area contributed by atoms with Crippen molar-refractivity contribution < 1.29 is 14.7 Å². The van der Waals surface area contributed by atoms with E-state index in [1.165, 1.54) is 5.38 Å². The van der Waals surface area contributed by atoms with E-state index in [-0.39, 0.29) is 22.7 Å². The number of carboxylic acid groups (broad SMARTS) is 1. The Morgan fingerprint density at radius 3 is 2.79 bits per heavy atom. The van der Waals surface area contributed by atoms with Gasteiger partial charge in [-0.2, -0.15) is 0 Å². The number of aromatic nitrogens is 1. The van der Waals surface area contributed by atoms with Crippen LogP contribution in [0.4, 0.5) is 0 Å². The van der Waals surface area contributed by atoms with E-state index in [0.717, 1.165) is 30.6 Å². The molecule has 1 aliphatic rings. The lowest BCUT2D eigenvalue weighted by molar-refractivity contribution is 0.0691. The predicted molar refractivity (Wildman–Crippen MR) is 72.5 cm³/mol. The summed E-state index contributed by atoms with van der Waals surface area (Å²) in [6, 6.07) is 0.176. The van der Waals surface area contributed by atoms with E-state index in [4.69, 9.17) is 5.11 Å². The second-order valence-corrected chi connectivity index (χ2v) is 5.89. The van der Waals surface area contributed by atoms with Crippen molar-refractivity contribution in [2.75, 3.05) is 0 Å². The second-order valence-electron chi connectivity index (χ2n) is 5.03. The molecule has 5 nitrogen and oxygen atoms in total. The van der Waals surface area contributed by atoms with Gasteiger partial charge in [-0.15, -0.1) is 11.3 Å². The van der Waals surface area contributed by atoms with Gasteiger partial charge in [-0.05, 0) is 24.7 Å². The number of hydrogen-bond donors (Lipinski definition) is 2. The summed E-state index contributed by atoms with van der Waals surface area (Å²) in [4.78, 5) is 26.6. The SMILES string of the molecule is CCC1CCC(NC(=O)c2nc(C(=O)O)cs2)C1C. The Morgan fingerprint density at radius 2 is 2.26 bits per heavy atom. The number of aromatic carboxylic acids is 1. The molecule has 1 aliphatic carbocycles. The van der Waals surface area contributed by atoms with Crippen LogP contribution in [-0.2, 0) is 0 Å². The lowest BCUT2D eigenvalue weighted by atomic mass is 9.93. The van der Waals surface area contributed by atoms with Crippen LogP contribution in [0.5, 0.6) is 0 Å². The first-order valence-electron chi connectivity index (χ1n) is 6.52. The van der Waals surface area contributed by atoms with Crippen molar-refractivity contribution in [3.8, 4) is 0 Å². The van der Waals surface area contributed by atoms with Crippen molar-refractivity contribution in [2.24, 2.45) is 11.8 Å². The highest BCUT2D eigenvalue weighted by Crippen LogP contribution is 2.34. The van der Waals surface area contributed by atoms with Crippen LogP contribution >= 0.6 is 11.3 Å². The number of carboxylic acids is 1. The third-order valence-corrected chi connectivity index (χ3v) is 4.83. The summed E-state index contributed by atoms with van der Waals surface area (Å²) < 4.78 is 0. The maximum absolute atomic E-state index is 12.0. The zero-order valence-corrected chi connectivity index (χ0v) is 11.9. The number of nitrogens with zero attached hydrogens (tertiary/aromatic N) is 1. The van der Waals surface area contributed by atoms with Crippen molar-refractivity contribution in [1.82, 2.24) is 10.3 Å². The molecule has 0 aliphatic heterocycles. The first-order valence-corrected chi connectivity index (χ1v) is 7.40. The van der Waals surface area contributed by atoms with Crippen LogP contribution in [0.2, 0.25) is 0 Å². The third kappa shape index (κ3) is 2.94. The molecule has 1 saturated carbocycles. The predicted octanol–water partition coefficient (Wildman–Crippen LogP) is 2.40. The van der Waals surface area contributed by atoms with Gasteiger partial charge < -0.3 is 10.4 Å². The molecule has 6 heteroatoms. The van der Waals surface area contributed by atoms with Crippen LogP contribution < -0.4 is 5.32 Å². The molecule has 0 saturated heterocycles. The summed E-state index contributed by atoms with van der Waals surface area (Å²) in [5.74, 6) is -0.231. The minimum atomic E-state index is -1.10. The summed E-state index contributed by atoms with van der Waals surface area (Å²) in [7, 11) is 0. The fraction of sp³-hybridized carbons (Fsp3) is 0.615. The number of nitrogens with one attached hydrogen (secondary N) is 1. The van der Waals surface area contributed by atoms with Crippen LogP contribution in [-0.4, -0.2) is 28.0 Å². The van der Waals surface area contributed by atoms with E-state index in [2.05, 4.69) is 24.1 Å². The molecule has 2 N–H and O–H groups in total. The molecule has 3 unspecified atom stereocenters. The molecule has 0 bridgehead atoms. The maximum Gasteiger partial charge on any atom is 0.355 e. The molecule has 104 valence electrons. The van der Waals surface area contributed by atoms with E-state index in [0.29, 0.717) is 11.8 Å². The lowest BCUT2D eigenvalue weighted by Gasteiger charge is -2.20. The van der Waals surface area contributed by atoms with Crippen LogP contribution in [0.25, 0.3) is 0 Å². The Hall–Kier alpha value is -1.43. The molecule has 1 heterocycles. The quantitative estimate of drug-likeness (QED) is 0.888. The molecule has 1 fully saturated rings. The zero-order valence-electron chi connectivity index (χ0n) is 11.0. The number of hydrogen-bond acceptors (Lipinski definition) is 4. The molecule has 0 aromatic carbocycles. The van der Waals surface area contributed by atoms with E-state index in [1.54, 1.807) is 0 Å². The van der Waals surface area contributed by atoms with Gasteiger partial charge in [0.15, 0.2) is 10.7 Å². The van der Waals surface area contributed by atoms with Gasteiger partial charge in [0.1, 0.15) is 0 Å². The highest BCUT2D eigenvalue weighted by molar-refractivity contribution is 7.11. The lowest BCUT2D eigenvalue weighted by Crippen LogP contribution is -2.37. The van der Waals surface area contributed by atoms with E-state index in [9.17, 15) is 9.59 Å².